The van der Waals surface area contributed by atoms with Crippen LogP contribution >= 0.6 is 0 Å². The summed E-state index contributed by atoms with van der Waals surface area (Å²) >= 11 is 0. The van der Waals surface area contributed by atoms with E-state index in [1.54, 1.807) is 6.07 Å². The Bertz CT molecular complexity index is 464. The summed E-state index contributed by atoms with van der Waals surface area (Å²) in [5.41, 5.74) is 0.921. The van der Waals surface area contributed by atoms with Crippen LogP contribution < -0.4 is 4.74 Å². The molecule has 112 valence electrons. The topological polar surface area (TPSA) is 9.23 Å². The van der Waals surface area contributed by atoms with Crippen molar-refractivity contribution in [2.45, 2.75) is 6.92 Å². The molecule has 1 saturated heterocycles. The van der Waals surface area contributed by atoms with Crippen molar-refractivity contribution >= 4 is 0 Å². The molecule has 0 atom stereocenters. The van der Waals surface area contributed by atoms with Crippen molar-refractivity contribution in [1.82, 2.24) is 0 Å². The molecule has 1 aliphatic heterocycles. The summed E-state index contributed by atoms with van der Waals surface area (Å²) in [7, 11) is 6.83. The molecule has 0 aliphatic carbocycles. The van der Waals surface area contributed by atoms with Gasteiger partial charge in [0, 0.05) is 0 Å². The van der Waals surface area contributed by atoms with Crippen LogP contribution in [-0.4, -0.2) is 69.4 Å². The zero-order valence-electron chi connectivity index (χ0n) is 13.2. The third-order valence-electron chi connectivity index (χ3n) is 4.47. The number of quaternary nitrogens is 2. The summed E-state index contributed by atoms with van der Waals surface area (Å²) in [5, 5.41) is 0. The van der Waals surface area contributed by atoms with Crippen molar-refractivity contribution in [2.75, 3.05) is 60.5 Å². The molecule has 0 radical (unpaired) electrons. The van der Waals surface area contributed by atoms with Crippen LogP contribution in [0.2, 0.25) is 0 Å². The van der Waals surface area contributed by atoms with E-state index < -0.39 is 0 Å². The smallest absolute Gasteiger partial charge is 0.165 e. The Morgan fingerprint density at radius 3 is 2.35 bits per heavy atom. The van der Waals surface area contributed by atoms with E-state index >= 15 is 0 Å². The normalized spacial score (nSPS) is 20.6. The largest absolute Gasteiger partial charge is 0.485 e. The molecule has 1 aromatic carbocycles. The highest BCUT2D eigenvalue weighted by Crippen LogP contribution is 2.19. The Morgan fingerprint density at radius 2 is 1.75 bits per heavy atom. The first-order valence-corrected chi connectivity index (χ1v) is 7.34. The lowest BCUT2D eigenvalue weighted by molar-refractivity contribution is -1.01. The minimum absolute atomic E-state index is 0.260. The van der Waals surface area contributed by atoms with E-state index in [1.165, 1.54) is 19.2 Å². The lowest BCUT2D eigenvalue weighted by Crippen LogP contribution is -2.63. The highest BCUT2D eigenvalue weighted by molar-refractivity contribution is 5.28. The van der Waals surface area contributed by atoms with Crippen molar-refractivity contribution in [2.24, 2.45) is 0 Å². The van der Waals surface area contributed by atoms with Crippen LogP contribution in [0.15, 0.2) is 18.2 Å². The quantitative estimate of drug-likeness (QED) is 0.768. The van der Waals surface area contributed by atoms with Crippen molar-refractivity contribution < 1.29 is 18.1 Å². The minimum Gasteiger partial charge on any atom is -0.485 e. The first kappa shape index (κ1) is 15.3. The van der Waals surface area contributed by atoms with E-state index in [2.05, 4.69) is 21.1 Å². The Balaban J connectivity index is 1.84. The number of hydrogen-bond acceptors (Lipinski definition) is 1. The summed E-state index contributed by atoms with van der Waals surface area (Å²) in [5.74, 6) is 0.111. The number of halogens is 1. The van der Waals surface area contributed by atoms with Gasteiger partial charge in [-0.2, -0.15) is 0 Å². The third kappa shape index (κ3) is 3.93. The Labute approximate surface area is 121 Å². The summed E-state index contributed by atoms with van der Waals surface area (Å²) in [6, 6.07) is 5.13. The highest BCUT2D eigenvalue weighted by Gasteiger charge is 2.34. The van der Waals surface area contributed by atoms with Gasteiger partial charge in [-0.1, -0.05) is 6.07 Å². The molecule has 20 heavy (non-hydrogen) atoms. The molecular formula is C16H27FN2O+2. The van der Waals surface area contributed by atoms with E-state index in [1.807, 2.05) is 13.0 Å². The second kappa shape index (κ2) is 5.70. The number of aryl methyl sites for hydroxylation is 1. The number of hydrogen-bond donors (Lipinski definition) is 0. The lowest BCUT2D eigenvalue weighted by Gasteiger charge is -2.44. The van der Waals surface area contributed by atoms with Crippen LogP contribution in [0.5, 0.6) is 5.75 Å². The molecule has 1 fully saturated rings. The van der Waals surface area contributed by atoms with Crippen molar-refractivity contribution in [3.63, 3.8) is 0 Å². The molecule has 3 nitrogen and oxygen atoms in total. The Morgan fingerprint density at radius 1 is 1.10 bits per heavy atom. The standard InChI is InChI=1S/C16H27FN2O/c1-14-5-6-16(15(17)13-14)20-12-11-19(4)9-7-18(2,3)8-10-19/h5-6,13H,7-12H2,1-4H3/q+2. The monoisotopic (exact) mass is 282 g/mol. The molecule has 0 aromatic heterocycles. The van der Waals surface area contributed by atoms with Crippen LogP contribution in [0.25, 0.3) is 0 Å². The summed E-state index contributed by atoms with van der Waals surface area (Å²) in [4.78, 5) is 0. The molecule has 1 aromatic rings. The molecule has 0 unspecified atom stereocenters. The summed E-state index contributed by atoms with van der Waals surface area (Å²) < 4.78 is 21.4. The highest BCUT2D eigenvalue weighted by atomic mass is 19.1. The van der Waals surface area contributed by atoms with E-state index in [9.17, 15) is 4.39 Å². The zero-order chi connectivity index (χ0) is 14.8. The Kier molecular flexibility index (Phi) is 4.35. The average Bonchev–Trinajstić information content (AvgIpc) is 2.37. The van der Waals surface area contributed by atoms with Gasteiger partial charge in [-0.25, -0.2) is 4.39 Å². The zero-order valence-corrected chi connectivity index (χ0v) is 13.2. The maximum Gasteiger partial charge on any atom is 0.165 e. The van der Waals surface area contributed by atoms with Gasteiger partial charge in [-0.05, 0) is 24.6 Å². The molecule has 1 heterocycles. The van der Waals surface area contributed by atoms with Gasteiger partial charge in [0.05, 0.1) is 21.1 Å². The first-order chi connectivity index (χ1) is 9.30. The predicted molar refractivity (Wildman–Crippen MR) is 79.3 cm³/mol. The van der Waals surface area contributed by atoms with Gasteiger partial charge in [0.2, 0.25) is 0 Å². The van der Waals surface area contributed by atoms with E-state index in [4.69, 9.17) is 4.74 Å². The lowest BCUT2D eigenvalue weighted by atomic mass is 10.2. The molecule has 0 bridgehead atoms. The van der Waals surface area contributed by atoms with Gasteiger partial charge in [0.1, 0.15) is 39.3 Å². The number of likely N-dealkylation sites (N-methyl/N-ethyl adjacent to an activating group) is 2. The van der Waals surface area contributed by atoms with Gasteiger partial charge in [0.25, 0.3) is 0 Å². The minimum atomic E-state index is -0.260. The van der Waals surface area contributed by atoms with Gasteiger partial charge in [-0.15, -0.1) is 0 Å². The molecular weight excluding hydrogens is 255 g/mol. The average molecular weight is 282 g/mol. The number of benzene rings is 1. The fraction of sp³-hybridized carbons (Fsp3) is 0.625. The van der Waals surface area contributed by atoms with Gasteiger partial charge in [-0.3, -0.25) is 0 Å². The summed E-state index contributed by atoms with van der Waals surface area (Å²) in [6.07, 6.45) is 0. The van der Waals surface area contributed by atoms with Crippen molar-refractivity contribution in [3.05, 3.63) is 29.6 Å². The van der Waals surface area contributed by atoms with Crippen LogP contribution in [0, 0.1) is 12.7 Å². The number of nitrogens with zero attached hydrogens (tertiary/aromatic N) is 2. The van der Waals surface area contributed by atoms with E-state index in [-0.39, 0.29) is 5.82 Å². The van der Waals surface area contributed by atoms with Gasteiger partial charge in [0.15, 0.2) is 11.6 Å². The van der Waals surface area contributed by atoms with Gasteiger partial charge < -0.3 is 13.7 Å². The molecule has 1 aliphatic rings. The number of rotatable bonds is 4. The van der Waals surface area contributed by atoms with Crippen molar-refractivity contribution in [1.29, 1.82) is 0 Å². The SMILES string of the molecule is Cc1ccc(OCC[N+]2(C)CC[N+](C)(C)CC2)c(F)c1. The first-order valence-electron chi connectivity index (χ1n) is 7.34. The number of piperazine rings is 1. The molecule has 0 N–H and O–H groups in total. The van der Waals surface area contributed by atoms with Crippen LogP contribution in [-0.2, 0) is 0 Å². The fourth-order valence-electron chi connectivity index (χ4n) is 2.57. The van der Waals surface area contributed by atoms with Crippen LogP contribution in [0.3, 0.4) is 0 Å². The molecule has 0 saturated carbocycles. The Hall–Kier alpha value is -1.13. The molecule has 0 spiro atoms. The second-order valence-corrected chi connectivity index (χ2v) is 6.96. The molecule has 2 rings (SSSR count). The molecule has 4 heteroatoms. The second-order valence-electron chi connectivity index (χ2n) is 6.96. The van der Waals surface area contributed by atoms with Crippen LogP contribution in [0.1, 0.15) is 5.56 Å². The maximum atomic E-state index is 13.7. The predicted octanol–water partition coefficient (Wildman–Crippen LogP) is 2.05. The third-order valence-corrected chi connectivity index (χ3v) is 4.47. The molecule has 0 amide bonds. The van der Waals surface area contributed by atoms with E-state index in [0.29, 0.717) is 12.4 Å². The van der Waals surface area contributed by atoms with Gasteiger partial charge >= 0.3 is 0 Å². The maximum absolute atomic E-state index is 13.7. The summed E-state index contributed by atoms with van der Waals surface area (Å²) in [6.45, 7) is 8.09. The van der Waals surface area contributed by atoms with Crippen molar-refractivity contribution in [3.8, 4) is 5.75 Å². The van der Waals surface area contributed by atoms with Crippen LogP contribution in [0.4, 0.5) is 4.39 Å². The fourth-order valence-corrected chi connectivity index (χ4v) is 2.57. The number of ether oxygens (including phenoxy) is 1. The van der Waals surface area contributed by atoms with E-state index in [0.717, 1.165) is 34.2 Å².